The maximum absolute atomic E-state index is 12.8. The van der Waals surface area contributed by atoms with Crippen LogP contribution in [0.1, 0.15) is 32.7 Å². The number of aryl methyl sites for hydroxylation is 3. The minimum atomic E-state index is -0.271. The molecule has 3 heterocycles. The summed E-state index contributed by atoms with van der Waals surface area (Å²) >= 11 is 0. The molecule has 2 aromatic heterocycles. The highest BCUT2D eigenvalue weighted by atomic mass is 16.2. The van der Waals surface area contributed by atoms with Gasteiger partial charge in [0.05, 0.1) is 11.8 Å². The maximum atomic E-state index is 12.8. The van der Waals surface area contributed by atoms with Crippen molar-refractivity contribution in [2.45, 2.75) is 26.8 Å². The van der Waals surface area contributed by atoms with Crippen LogP contribution in [-0.2, 0) is 20.0 Å². The minimum absolute atomic E-state index is 0.162. The highest BCUT2D eigenvalue weighted by Gasteiger charge is 2.23. The van der Waals surface area contributed by atoms with Crippen LogP contribution >= 0.6 is 0 Å². The molecule has 7 nitrogen and oxygen atoms in total. The molecule has 1 aliphatic rings. The highest BCUT2D eigenvalue weighted by Crippen LogP contribution is 2.19. The Labute approximate surface area is 150 Å². The third-order valence-corrected chi connectivity index (χ3v) is 5.12. The number of fused-ring (bicyclic) bond motifs is 2. The van der Waals surface area contributed by atoms with Crippen LogP contribution in [0.5, 0.6) is 0 Å². The summed E-state index contributed by atoms with van der Waals surface area (Å²) in [5.41, 5.74) is 5.44. The Balaban J connectivity index is 1.79. The molecule has 0 spiro atoms. The van der Waals surface area contributed by atoms with Crippen LogP contribution in [0.25, 0.3) is 5.65 Å². The molecule has 0 saturated heterocycles. The lowest BCUT2D eigenvalue weighted by molar-refractivity contribution is 0.102. The lowest BCUT2D eigenvalue weighted by atomic mass is 10.1. The van der Waals surface area contributed by atoms with Gasteiger partial charge in [0.25, 0.3) is 11.5 Å². The van der Waals surface area contributed by atoms with E-state index in [-0.39, 0.29) is 11.5 Å². The van der Waals surface area contributed by atoms with E-state index in [9.17, 15) is 9.59 Å². The molecular weight excluding hydrogens is 330 g/mol. The first kappa shape index (κ1) is 16.5. The van der Waals surface area contributed by atoms with Crippen LogP contribution < -0.4 is 16.2 Å². The quantitative estimate of drug-likeness (QED) is 0.734. The fraction of sp³-hybridized carbons (Fsp3) is 0.316. The van der Waals surface area contributed by atoms with Crippen molar-refractivity contribution in [1.82, 2.24) is 19.5 Å². The molecule has 1 amide bonds. The number of carbonyl (C=O) groups excluding carboxylic acids is 1. The van der Waals surface area contributed by atoms with Crippen LogP contribution in [0.15, 0.2) is 29.2 Å². The Kier molecular flexibility index (Phi) is 3.88. The topological polar surface area (TPSA) is 80.4 Å². The van der Waals surface area contributed by atoms with E-state index in [1.54, 1.807) is 0 Å². The van der Waals surface area contributed by atoms with Gasteiger partial charge in [-0.3, -0.25) is 9.59 Å². The number of benzene rings is 1. The van der Waals surface area contributed by atoms with Gasteiger partial charge < -0.3 is 15.2 Å². The molecule has 0 unspecified atom stereocenters. The standard InChI is InChI=1S/C19H21N5O2/c1-11-4-5-13(8-12(11)2)22-17(25)15-10-21-24-18(15)23(3)16-6-7-20-9-14(16)19(24)26/h4-5,8,10,20H,6-7,9H2,1-3H3,(H,22,25). The Morgan fingerprint density at radius 1 is 1.27 bits per heavy atom. The van der Waals surface area contributed by atoms with Crippen LogP contribution in [0.3, 0.4) is 0 Å². The third-order valence-electron chi connectivity index (χ3n) is 5.12. The Bertz CT molecular complexity index is 1090. The zero-order valence-electron chi connectivity index (χ0n) is 15.1. The van der Waals surface area contributed by atoms with Gasteiger partial charge in [-0.25, -0.2) is 0 Å². The number of hydrogen-bond donors (Lipinski definition) is 2. The van der Waals surface area contributed by atoms with Gasteiger partial charge in [-0.15, -0.1) is 0 Å². The summed E-state index contributed by atoms with van der Waals surface area (Å²) in [7, 11) is 1.88. The summed E-state index contributed by atoms with van der Waals surface area (Å²) in [6.07, 6.45) is 2.22. The SMILES string of the molecule is Cc1ccc(NC(=O)c2cnn3c(=O)c4c(n(C)c23)CCNC4)cc1C. The summed E-state index contributed by atoms with van der Waals surface area (Å²) in [6.45, 7) is 5.38. The molecule has 0 atom stereocenters. The number of nitrogens with zero attached hydrogens (tertiary/aromatic N) is 3. The summed E-state index contributed by atoms with van der Waals surface area (Å²) < 4.78 is 3.24. The van der Waals surface area contributed by atoms with Gasteiger partial charge in [-0.2, -0.15) is 9.61 Å². The fourth-order valence-electron chi connectivity index (χ4n) is 3.49. The smallest absolute Gasteiger partial charge is 0.279 e. The Hall–Kier alpha value is -2.93. The molecule has 26 heavy (non-hydrogen) atoms. The van der Waals surface area contributed by atoms with Gasteiger partial charge in [-0.1, -0.05) is 6.07 Å². The van der Waals surface area contributed by atoms with E-state index in [4.69, 9.17) is 0 Å². The first-order valence-electron chi connectivity index (χ1n) is 8.65. The van der Waals surface area contributed by atoms with Gasteiger partial charge in [0.2, 0.25) is 0 Å². The van der Waals surface area contributed by atoms with E-state index in [1.165, 1.54) is 16.3 Å². The summed E-state index contributed by atoms with van der Waals surface area (Å²) in [5, 5.41) is 10.3. The average Bonchev–Trinajstić information content (AvgIpc) is 3.08. The molecule has 1 aliphatic heterocycles. The van der Waals surface area contributed by atoms with Crippen molar-refractivity contribution in [3.05, 3.63) is 62.7 Å². The number of nitrogens with one attached hydrogen (secondary N) is 2. The van der Waals surface area contributed by atoms with Crippen LogP contribution in [-0.4, -0.2) is 26.6 Å². The van der Waals surface area contributed by atoms with Gasteiger partial charge in [-0.05, 0) is 37.1 Å². The number of aromatic nitrogens is 3. The summed E-state index contributed by atoms with van der Waals surface area (Å²) in [5.74, 6) is -0.271. The maximum Gasteiger partial charge on any atom is 0.279 e. The van der Waals surface area contributed by atoms with Crippen LogP contribution in [0, 0.1) is 13.8 Å². The molecule has 0 fully saturated rings. The molecule has 3 aromatic rings. The van der Waals surface area contributed by atoms with E-state index >= 15 is 0 Å². The third kappa shape index (κ3) is 2.52. The Morgan fingerprint density at radius 2 is 2.08 bits per heavy atom. The second-order valence-electron chi connectivity index (χ2n) is 6.76. The minimum Gasteiger partial charge on any atom is -0.332 e. The molecule has 4 rings (SSSR count). The highest BCUT2D eigenvalue weighted by molar-refractivity contribution is 6.08. The van der Waals surface area contributed by atoms with Crippen LogP contribution in [0.2, 0.25) is 0 Å². The normalized spacial score (nSPS) is 13.7. The molecule has 0 radical (unpaired) electrons. The molecule has 0 aliphatic carbocycles. The lowest BCUT2D eigenvalue weighted by Gasteiger charge is -2.20. The second-order valence-corrected chi connectivity index (χ2v) is 6.76. The number of hydrogen-bond acceptors (Lipinski definition) is 4. The van der Waals surface area contributed by atoms with Gasteiger partial charge in [0, 0.05) is 37.9 Å². The molecule has 1 aromatic carbocycles. The number of anilines is 1. The number of carbonyl (C=O) groups is 1. The summed E-state index contributed by atoms with van der Waals surface area (Å²) in [6, 6.07) is 5.78. The van der Waals surface area contributed by atoms with Gasteiger partial charge in [0.1, 0.15) is 5.56 Å². The lowest BCUT2D eigenvalue weighted by Crippen LogP contribution is -2.35. The first-order valence-corrected chi connectivity index (χ1v) is 8.65. The van der Waals surface area contributed by atoms with Gasteiger partial charge >= 0.3 is 0 Å². The molecule has 7 heteroatoms. The van der Waals surface area contributed by atoms with Crippen molar-refractivity contribution < 1.29 is 4.79 Å². The number of amides is 1. The van der Waals surface area contributed by atoms with Crippen molar-refractivity contribution in [2.24, 2.45) is 7.05 Å². The largest absolute Gasteiger partial charge is 0.332 e. The van der Waals surface area contributed by atoms with E-state index in [0.29, 0.717) is 17.8 Å². The fourth-order valence-corrected chi connectivity index (χ4v) is 3.49. The van der Waals surface area contributed by atoms with Crippen molar-refractivity contribution in [2.75, 3.05) is 11.9 Å². The molecule has 0 saturated carbocycles. The van der Waals surface area contributed by atoms with E-state index in [2.05, 4.69) is 15.7 Å². The predicted octanol–water partition coefficient (Wildman–Crippen LogP) is 1.55. The predicted molar refractivity (Wildman–Crippen MR) is 99.7 cm³/mol. The van der Waals surface area contributed by atoms with Crippen molar-refractivity contribution in [3.63, 3.8) is 0 Å². The first-order chi connectivity index (χ1) is 12.5. The molecule has 0 bridgehead atoms. The Morgan fingerprint density at radius 3 is 2.85 bits per heavy atom. The van der Waals surface area contributed by atoms with E-state index < -0.39 is 0 Å². The van der Waals surface area contributed by atoms with Gasteiger partial charge in [0.15, 0.2) is 5.65 Å². The monoisotopic (exact) mass is 351 g/mol. The summed E-state index contributed by atoms with van der Waals surface area (Å²) in [4.78, 5) is 25.5. The zero-order chi connectivity index (χ0) is 18.4. The van der Waals surface area contributed by atoms with Crippen LogP contribution in [0.4, 0.5) is 5.69 Å². The van der Waals surface area contributed by atoms with Crippen molar-refractivity contribution >= 4 is 17.2 Å². The number of rotatable bonds is 2. The second kappa shape index (κ2) is 6.10. The van der Waals surface area contributed by atoms with Crippen molar-refractivity contribution in [3.8, 4) is 0 Å². The average molecular weight is 351 g/mol. The zero-order valence-corrected chi connectivity index (χ0v) is 15.1. The van der Waals surface area contributed by atoms with Crippen molar-refractivity contribution in [1.29, 1.82) is 0 Å². The van der Waals surface area contributed by atoms with E-state index in [0.717, 1.165) is 35.5 Å². The molecular formula is C19H21N5O2. The molecule has 2 N–H and O–H groups in total. The molecule has 134 valence electrons. The van der Waals surface area contributed by atoms with E-state index in [1.807, 2.05) is 43.7 Å².